The summed E-state index contributed by atoms with van der Waals surface area (Å²) < 4.78 is 38.6. The monoisotopic (exact) mass is 408 g/mol. The molecule has 0 aliphatic carbocycles. The smallest absolute Gasteiger partial charge is 0.292 e. The van der Waals surface area contributed by atoms with Gasteiger partial charge in [0.1, 0.15) is 6.54 Å². The summed E-state index contributed by atoms with van der Waals surface area (Å²) in [5.41, 5.74) is 1.88. The number of rotatable bonds is 5. The Balaban J connectivity index is 1.48. The van der Waals surface area contributed by atoms with Gasteiger partial charge in [0.25, 0.3) is 0 Å². The first-order valence-electron chi connectivity index (χ1n) is 9.04. The Morgan fingerprint density at radius 1 is 0.833 bits per heavy atom. The van der Waals surface area contributed by atoms with E-state index in [9.17, 15) is 18.0 Å². The third-order valence-electron chi connectivity index (χ3n) is 4.50. The Labute approximate surface area is 169 Å². The van der Waals surface area contributed by atoms with Gasteiger partial charge in [-0.05, 0) is 28.5 Å². The van der Waals surface area contributed by atoms with Gasteiger partial charge >= 0.3 is 6.18 Å². The molecule has 0 radical (unpaired) electrons. The number of aromatic nitrogens is 4. The first-order valence-corrected chi connectivity index (χ1v) is 9.04. The fraction of sp³-hybridized carbons (Fsp3) is 0.0909. The summed E-state index contributed by atoms with van der Waals surface area (Å²) >= 11 is 0. The molecular formula is C22H15F3N4O. The molecule has 3 aromatic carbocycles. The van der Waals surface area contributed by atoms with Crippen LogP contribution in [0.5, 0.6) is 0 Å². The van der Waals surface area contributed by atoms with Gasteiger partial charge in [-0.3, -0.25) is 4.79 Å². The zero-order valence-electron chi connectivity index (χ0n) is 15.5. The minimum atomic E-state index is -4.46. The van der Waals surface area contributed by atoms with E-state index >= 15 is 0 Å². The van der Waals surface area contributed by atoms with Gasteiger partial charge in [0.15, 0.2) is 5.78 Å². The largest absolute Gasteiger partial charge is 0.416 e. The van der Waals surface area contributed by atoms with Crippen molar-refractivity contribution in [3.8, 4) is 22.5 Å². The molecule has 4 rings (SSSR count). The highest BCUT2D eigenvalue weighted by atomic mass is 19.4. The van der Waals surface area contributed by atoms with E-state index in [1.807, 2.05) is 42.5 Å². The highest BCUT2D eigenvalue weighted by molar-refractivity contribution is 5.96. The number of halogens is 3. The van der Waals surface area contributed by atoms with Crippen LogP contribution < -0.4 is 0 Å². The molecule has 5 nitrogen and oxygen atoms in total. The number of carbonyl (C=O) groups is 1. The molecule has 0 saturated heterocycles. The SMILES string of the molecule is O=C(Cn1nnc(-c2cccc(C(F)(F)F)c2)n1)c1ccc(-c2ccccc2)cc1. The van der Waals surface area contributed by atoms with Crippen molar-refractivity contribution in [2.75, 3.05) is 0 Å². The van der Waals surface area contributed by atoms with Gasteiger partial charge < -0.3 is 0 Å². The summed E-state index contributed by atoms with van der Waals surface area (Å²) in [6, 6.07) is 21.6. The van der Waals surface area contributed by atoms with Crippen molar-refractivity contribution < 1.29 is 18.0 Å². The lowest BCUT2D eigenvalue weighted by atomic mass is 10.0. The molecule has 0 fully saturated rings. The molecule has 8 heteroatoms. The van der Waals surface area contributed by atoms with Crippen LogP contribution in [0, 0.1) is 0 Å². The number of hydrogen-bond donors (Lipinski definition) is 0. The van der Waals surface area contributed by atoms with Crippen molar-refractivity contribution >= 4 is 5.78 Å². The Morgan fingerprint density at radius 3 is 2.20 bits per heavy atom. The zero-order chi connectivity index (χ0) is 21.1. The van der Waals surface area contributed by atoms with Crippen LogP contribution >= 0.6 is 0 Å². The number of Topliss-reactive ketones (excluding diaryl/α,β-unsaturated/α-hetero) is 1. The number of alkyl halides is 3. The highest BCUT2D eigenvalue weighted by Crippen LogP contribution is 2.31. The van der Waals surface area contributed by atoms with Crippen LogP contribution in [0.4, 0.5) is 13.2 Å². The van der Waals surface area contributed by atoms with Gasteiger partial charge in [0, 0.05) is 11.1 Å². The third kappa shape index (κ3) is 4.27. The molecule has 0 unspecified atom stereocenters. The van der Waals surface area contributed by atoms with Crippen LogP contribution in [-0.2, 0) is 12.7 Å². The molecule has 1 aromatic heterocycles. The predicted molar refractivity (Wildman–Crippen MR) is 104 cm³/mol. The maximum atomic E-state index is 12.9. The molecule has 0 aliphatic heterocycles. The van der Waals surface area contributed by atoms with Crippen LogP contribution in [-0.4, -0.2) is 26.0 Å². The number of ketones is 1. The summed E-state index contributed by atoms with van der Waals surface area (Å²) in [6.45, 7) is -0.170. The standard InChI is InChI=1S/C22H15F3N4O/c23-22(24,25)19-8-4-7-18(13-19)21-26-28-29(27-21)14-20(30)17-11-9-16(10-12-17)15-5-2-1-3-6-15/h1-13H,14H2. The minimum absolute atomic E-state index is 0.0216. The number of tetrazole rings is 1. The highest BCUT2D eigenvalue weighted by Gasteiger charge is 2.30. The Hall–Kier alpha value is -3.81. The first kappa shape index (κ1) is 19.5. The van der Waals surface area contributed by atoms with Crippen LogP contribution in [0.15, 0.2) is 78.9 Å². The molecule has 0 spiro atoms. The second kappa shape index (κ2) is 7.90. The molecule has 0 atom stereocenters. The molecular weight excluding hydrogens is 393 g/mol. The normalized spacial score (nSPS) is 11.4. The van der Waals surface area contributed by atoms with Crippen molar-refractivity contribution in [2.24, 2.45) is 0 Å². The molecule has 4 aromatic rings. The molecule has 0 saturated carbocycles. The number of nitrogens with zero attached hydrogens (tertiary/aromatic N) is 4. The van der Waals surface area contributed by atoms with E-state index in [0.717, 1.165) is 28.1 Å². The first-order chi connectivity index (χ1) is 14.4. The van der Waals surface area contributed by atoms with Crippen molar-refractivity contribution in [1.29, 1.82) is 0 Å². The van der Waals surface area contributed by atoms with Crippen molar-refractivity contribution in [2.45, 2.75) is 12.7 Å². The van der Waals surface area contributed by atoms with E-state index in [0.29, 0.717) is 5.56 Å². The quantitative estimate of drug-likeness (QED) is 0.440. The van der Waals surface area contributed by atoms with Crippen LogP contribution in [0.3, 0.4) is 0 Å². The van der Waals surface area contributed by atoms with Gasteiger partial charge in [-0.25, -0.2) is 0 Å². The molecule has 0 bridgehead atoms. The molecule has 0 aliphatic rings. The van der Waals surface area contributed by atoms with Crippen LogP contribution in [0.1, 0.15) is 15.9 Å². The maximum Gasteiger partial charge on any atom is 0.416 e. The summed E-state index contributed by atoms with van der Waals surface area (Å²) in [4.78, 5) is 13.6. The molecule has 0 amide bonds. The Kier molecular flexibility index (Phi) is 5.14. The molecule has 1 heterocycles. The maximum absolute atomic E-state index is 12.9. The van der Waals surface area contributed by atoms with Gasteiger partial charge in [-0.15, -0.1) is 10.2 Å². The van der Waals surface area contributed by atoms with Crippen LogP contribution in [0.25, 0.3) is 22.5 Å². The number of benzene rings is 3. The van der Waals surface area contributed by atoms with E-state index in [4.69, 9.17) is 0 Å². The third-order valence-corrected chi connectivity index (χ3v) is 4.50. The lowest BCUT2D eigenvalue weighted by Gasteiger charge is -2.06. The number of hydrogen-bond acceptors (Lipinski definition) is 4. The molecule has 150 valence electrons. The average molecular weight is 408 g/mol. The van der Waals surface area contributed by atoms with E-state index in [2.05, 4.69) is 15.4 Å². The molecule has 0 N–H and O–H groups in total. The van der Waals surface area contributed by atoms with E-state index in [-0.39, 0.29) is 23.7 Å². The van der Waals surface area contributed by atoms with Gasteiger partial charge in [-0.1, -0.05) is 66.7 Å². The Bertz CT molecular complexity index is 1170. The second-order valence-corrected chi connectivity index (χ2v) is 6.59. The van der Waals surface area contributed by atoms with Gasteiger partial charge in [0.2, 0.25) is 5.82 Å². The van der Waals surface area contributed by atoms with Gasteiger partial charge in [0.05, 0.1) is 5.56 Å². The minimum Gasteiger partial charge on any atom is -0.292 e. The zero-order valence-corrected chi connectivity index (χ0v) is 15.5. The average Bonchev–Trinajstić information content (AvgIpc) is 3.22. The summed E-state index contributed by atoms with van der Waals surface area (Å²) in [6.07, 6.45) is -4.46. The Morgan fingerprint density at radius 2 is 1.50 bits per heavy atom. The summed E-state index contributed by atoms with van der Waals surface area (Å²) in [5, 5.41) is 11.6. The fourth-order valence-corrected chi connectivity index (χ4v) is 2.96. The van der Waals surface area contributed by atoms with Crippen molar-refractivity contribution in [3.05, 3.63) is 90.0 Å². The van der Waals surface area contributed by atoms with Crippen LogP contribution in [0.2, 0.25) is 0 Å². The van der Waals surface area contributed by atoms with E-state index in [1.54, 1.807) is 12.1 Å². The number of carbonyl (C=O) groups excluding carboxylic acids is 1. The fourth-order valence-electron chi connectivity index (χ4n) is 2.96. The van der Waals surface area contributed by atoms with Gasteiger partial charge in [-0.2, -0.15) is 18.0 Å². The topological polar surface area (TPSA) is 60.7 Å². The molecule has 30 heavy (non-hydrogen) atoms. The van der Waals surface area contributed by atoms with Crippen molar-refractivity contribution in [1.82, 2.24) is 20.2 Å². The summed E-state index contributed by atoms with van der Waals surface area (Å²) in [5.74, 6) is -0.212. The predicted octanol–water partition coefficient (Wildman–Crippen LogP) is 4.91. The van der Waals surface area contributed by atoms with E-state index in [1.165, 1.54) is 12.1 Å². The van der Waals surface area contributed by atoms with Crippen molar-refractivity contribution in [3.63, 3.8) is 0 Å². The summed E-state index contributed by atoms with van der Waals surface area (Å²) in [7, 11) is 0. The lowest BCUT2D eigenvalue weighted by molar-refractivity contribution is -0.137. The lowest BCUT2D eigenvalue weighted by Crippen LogP contribution is -2.13. The second-order valence-electron chi connectivity index (χ2n) is 6.59. The van der Waals surface area contributed by atoms with E-state index < -0.39 is 11.7 Å².